The summed E-state index contributed by atoms with van der Waals surface area (Å²) in [5, 5.41) is 2.70. The van der Waals surface area contributed by atoms with E-state index in [0.717, 1.165) is 37.0 Å². The van der Waals surface area contributed by atoms with E-state index in [0.29, 0.717) is 51.5 Å². The summed E-state index contributed by atoms with van der Waals surface area (Å²) in [4.78, 5) is 40.8. The van der Waals surface area contributed by atoms with Gasteiger partial charge in [0.05, 0.1) is 5.41 Å². The first-order valence-electron chi connectivity index (χ1n) is 11.0. The van der Waals surface area contributed by atoms with Gasteiger partial charge < -0.3 is 15.1 Å². The van der Waals surface area contributed by atoms with Crippen LogP contribution < -0.4 is 5.32 Å². The van der Waals surface area contributed by atoms with Crippen molar-refractivity contribution in [3.63, 3.8) is 0 Å². The molecule has 6 heteroatoms. The average molecular weight is 388 g/mol. The fourth-order valence-electron chi connectivity index (χ4n) is 6.55. The molecule has 4 bridgehead atoms. The highest BCUT2D eigenvalue weighted by Crippen LogP contribution is 2.60. The van der Waals surface area contributed by atoms with Crippen molar-refractivity contribution in [1.29, 1.82) is 0 Å². The largest absolute Gasteiger partial charge is 0.353 e. The highest BCUT2D eigenvalue weighted by molar-refractivity contribution is 5.87. The molecule has 4 aliphatic carbocycles. The van der Waals surface area contributed by atoms with Gasteiger partial charge in [-0.25, -0.2) is 0 Å². The summed E-state index contributed by atoms with van der Waals surface area (Å²) >= 11 is 0. The number of piperazine rings is 1. The number of amides is 3. The molecule has 1 saturated heterocycles. The molecule has 6 nitrogen and oxygen atoms in total. The molecule has 1 heterocycles. The van der Waals surface area contributed by atoms with E-state index in [-0.39, 0.29) is 17.2 Å². The van der Waals surface area contributed by atoms with E-state index in [1.807, 2.05) is 9.80 Å². The van der Waals surface area contributed by atoms with Gasteiger partial charge in [0.15, 0.2) is 0 Å². The van der Waals surface area contributed by atoms with Gasteiger partial charge in [0, 0.05) is 39.1 Å². The zero-order valence-corrected chi connectivity index (χ0v) is 16.8. The van der Waals surface area contributed by atoms with Gasteiger partial charge in [-0.1, -0.05) is 6.58 Å². The number of hydrogen-bond acceptors (Lipinski definition) is 3. The second-order valence-electron chi connectivity index (χ2n) is 9.47. The summed E-state index contributed by atoms with van der Waals surface area (Å²) in [5.41, 5.74) is -0.0791. The van der Waals surface area contributed by atoms with Crippen LogP contribution in [0.3, 0.4) is 0 Å². The zero-order chi connectivity index (χ0) is 19.7. The van der Waals surface area contributed by atoms with E-state index >= 15 is 0 Å². The van der Waals surface area contributed by atoms with E-state index in [1.54, 1.807) is 0 Å². The predicted octanol–water partition coefficient (Wildman–Crippen LogP) is 1.96. The maximum Gasteiger partial charge on any atom is 0.243 e. The smallest absolute Gasteiger partial charge is 0.243 e. The molecule has 0 aromatic carbocycles. The van der Waals surface area contributed by atoms with Gasteiger partial charge in [0.25, 0.3) is 0 Å². The highest BCUT2D eigenvalue weighted by Gasteiger charge is 2.55. The Balaban J connectivity index is 1.24. The van der Waals surface area contributed by atoms with Crippen molar-refractivity contribution in [2.24, 2.45) is 23.2 Å². The van der Waals surface area contributed by atoms with Gasteiger partial charge in [-0.15, -0.1) is 0 Å². The maximum atomic E-state index is 13.4. The van der Waals surface area contributed by atoms with Crippen LogP contribution in [-0.2, 0) is 14.4 Å². The van der Waals surface area contributed by atoms with Crippen molar-refractivity contribution < 1.29 is 14.4 Å². The lowest BCUT2D eigenvalue weighted by molar-refractivity contribution is -0.160. The minimum Gasteiger partial charge on any atom is -0.353 e. The molecule has 0 spiro atoms. The Hall–Kier alpha value is -1.85. The van der Waals surface area contributed by atoms with E-state index < -0.39 is 0 Å². The molecule has 28 heavy (non-hydrogen) atoms. The third-order valence-electron chi connectivity index (χ3n) is 7.46. The molecule has 0 atom stereocenters. The van der Waals surface area contributed by atoms with E-state index in [1.165, 1.54) is 25.3 Å². The third kappa shape index (κ3) is 3.83. The first-order valence-corrected chi connectivity index (χ1v) is 11.0. The van der Waals surface area contributed by atoms with Gasteiger partial charge in [0.1, 0.15) is 0 Å². The Bertz CT molecular complexity index is 616. The van der Waals surface area contributed by atoms with Gasteiger partial charge in [0.2, 0.25) is 17.7 Å². The van der Waals surface area contributed by atoms with Crippen molar-refractivity contribution in [2.45, 2.75) is 51.4 Å². The maximum absolute atomic E-state index is 13.4. The van der Waals surface area contributed by atoms with Crippen LogP contribution in [0.2, 0.25) is 0 Å². The SMILES string of the molecule is C=CC(=O)NCCCC(=O)N1CCN(C(=O)C23CC4CC(CC(C4)C2)C3)CC1. The molecular formula is C22H33N3O3. The minimum atomic E-state index is -0.204. The van der Waals surface area contributed by atoms with Crippen LogP contribution in [0.15, 0.2) is 12.7 Å². The Kier molecular flexibility index (Phi) is 5.48. The molecule has 3 amide bonds. The van der Waals surface area contributed by atoms with Crippen molar-refractivity contribution in [1.82, 2.24) is 15.1 Å². The summed E-state index contributed by atoms with van der Waals surface area (Å²) < 4.78 is 0. The van der Waals surface area contributed by atoms with Crippen LogP contribution >= 0.6 is 0 Å². The monoisotopic (exact) mass is 387 g/mol. The molecule has 0 unspecified atom stereocenters. The molecule has 154 valence electrons. The first kappa shape index (κ1) is 19.5. The lowest BCUT2D eigenvalue weighted by atomic mass is 9.49. The zero-order valence-electron chi connectivity index (χ0n) is 16.8. The average Bonchev–Trinajstić information content (AvgIpc) is 2.69. The topological polar surface area (TPSA) is 69.7 Å². The van der Waals surface area contributed by atoms with Gasteiger partial charge in [-0.05, 0) is 68.8 Å². The summed E-state index contributed by atoms with van der Waals surface area (Å²) in [5.74, 6) is 2.63. The van der Waals surface area contributed by atoms with Gasteiger partial charge in [-0.2, -0.15) is 0 Å². The Morgan fingerprint density at radius 1 is 0.929 bits per heavy atom. The fraction of sp³-hybridized carbons (Fsp3) is 0.773. The van der Waals surface area contributed by atoms with E-state index in [9.17, 15) is 14.4 Å². The minimum absolute atomic E-state index is 0.0791. The van der Waals surface area contributed by atoms with Crippen LogP contribution in [0.1, 0.15) is 51.4 Å². The molecule has 5 rings (SSSR count). The second kappa shape index (κ2) is 7.88. The molecular weight excluding hydrogens is 354 g/mol. The number of nitrogens with zero attached hydrogens (tertiary/aromatic N) is 2. The Labute approximate surface area is 167 Å². The summed E-state index contributed by atoms with van der Waals surface area (Å²) in [6.07, 6.45) is 9.66. The molecule has 1 aliphatic heterocycles. The van der Waals surface area contributed by atoms with Crippen LogP contribution in [0.25, 0.3) is 0 Å². The fourth-order valence-corrected chi connectivity index (χ4v) is 6.55. The highest BCUT2D eigenvalue weighted by atomic mass is 16.2. The molecule has 5 aliphatic rings. The van der Waals surface area contributed by atoms with Gasteiger partial charge >= 0.3 is 0 Å². The van der Waals surface area contributed by atoms with Crippen LogP contribution in [-0.4, -0.2) is 60.2 Å². The molecule has 0 radical (unpaired) electrons. The number of carbonyl (C=O) groups excluding carboxylic acids is 3. The van der Waals surface area contributed by atoms with Crippen molar-refractivity contribution >= 4 is 17.7 Å². The first-order chi connectivity index (χ1) is 13.5. The number of rotatable bonds is 6. The van der Waals surface area contributed by atoms with Crippen molar-refractivity contribution in [2.75, 3.05) is 32.7 Å². The van der Waals surface area contributed by atoms with Crippen LogP contribution in [0.5, 0.6) is 0 Å². The van der Waals surface area contributed by atoms with E-state index in [4.69, 9.17) is 0 Å². The normalized spacial score (nSPS) is 33.6. The van der Waals surface area contributed by atoms with Crippen LogP contribution in [0.4, 0.5) is 0 Å². The van der Waals surface area contributed by atoms with E-state index in [2.05, 4.69) is 11.9 Å². The molecule has 0 aromatic rings. The lowest BCUT2D eigenvalue weighted by Gasteiger charge is -2.57. The standard InChI is InChI=1S/C22H33N3O3/c1-2-19(26)23-5-3-4-20(27)24-6-8-25(9-7-24)21(28)22-13-16-10-17(14-22)12-18(11-16)15-22/h2,16-18H,1,3-15H2,(H,23,26). The summed E-state index contributed by atoms with van der Waals surface area (Å²) in [6.45, 7) is 6.50. The second-order valence-corrected chi connectivity index (χ2v) is 9.47. The molecule has 5 fully saturated rings. The van der Waals surface area contributed by atoms with Crippen molar-refractivity contribution in [3.8, 4) is 0 Å². The van der Waals surface area contributed by atoms with Crippen LogP contribution in [0, 0.1) is 23.2 Å². The number of hydrogen-bond donors (Lipinski definition) is 1. The molecule has 0 aromatic heterocycles. The summed E-state index contributed by atoms with van der Waals surface area (Å²) in [6, 6.07) is 0. The molecule has 1 N–H and O–H groups in total. The predicted molar refractivity (Wildman–Crippen MR) is 106 cm³/mol. The summed E-state index contributed by atoms with van der Waals surface area (Å²) in [7, 11) is 0. The number of nitrogens with one attached hydrogen (secondary N) is 1. The Morgan fingerprint density at radius 2 is 1.46 bits per heavy atom. The van der Waals surface area contributed by atoms with Crippen molar-refractivity contribution in [3.05, 3.63) is 12.7 Å². The molecule has 4 saturated carbocycles. The van der Waals surface area contributed by atoms with Gasteiger partial charge in [-0.3, -0.25) is 14.4 Å². The number of carbonyl (C=O) groups is 3. The Morgan fingerprint density at radius 3 is 2.00 bits per heavy atom. The quantitative estimate of drug-likeness (QED) is 0.559. The lowest BCUT2D eigenvalue weighted by Crippen LogP contribution is -2.58. The third-order valence-corrected chi connectivity index (χ3v) is 7.46.